The lowest BCUT2D eigenvalue weighted by Gasteiger charge is -2.32. The minimum Gasteiger partial charge on any atom is -0.348 e. The van der Waals surface area contributed by atoms with Crippen LogP contribution in [0.4, 0.5) is 0 Å². The van der Waals surface area contributed by atoms with Gasteiger partial charge in [0.05, 0.1) is 11.3 Å². The molecular weight excluding hydrogens is 366 g/mol. The molecule has 5 heterocycles. The van der Waals surface area contributed by atoms with E-state index in [1.165, 1.54) is 0 Å². The van der Waals surface area contributed by atoms with Crippen molar-refractivity contribution in [2.45, 2.75) is 19.4 Å². The lowest BCUT2D eigenvalue weighted by Crippen LogP contribution is -2.39. The zero-order valence-electron chi connectivity index (χ0n) is 16.3. The van der Waals surface area contributed by atoms with Gasteiger partial charge in [0.2, 0.25) is 0 Å². The van der Waals surface area contributed by atoms with E-state index in [1.54, 1.807) is 0 Å². The van der Waals surface area contributed by atoms with Crippen molar-refractivity contribution >= 4 is 11.6 Å². The number of likely N-dealkylation sites (tertiary alicyclic amines) is 1. The fraction of sp³-hybridized carbons (Fsp3) is 0.333. The fourth-order valence-corrected chi connectivity index (χ4v) is 4.06. The molecule has 1 amide bonds. The molecule has 0 saturated carbocycles. The third-order valence-electron chi connectivity index (χ3n) is 5.73. The maximum absolute atomic E-state index is 13.1. The summed E-state index contributed by atoms with van der Waals surface area (Å²) in [5.41, 5.74) is 2.36. The van der Waals surface area contributed by atoms with Crippen LogP contribution in [0.3, 0.4) is 0 Å². The van der Waals surface area contributed by atoms with Crippen LogP contribution in [-0.4, -0.2) is 52.8 Å². The molecule has 1 fully saturated rings. The Labute approximate surface area is 168 Å². The lowest BCUT2D eigenvalue weighted by atomic mass is 9.96. The molecule has 29 heavy (non-hydrogen) atoms. The Kier molecular flexibility index (Phi) is 4.38. The number of hydrogen-bond donors (Lipinski definition) is 0. The Morgan fingerprint density at radius 1 is 1.10 bits per heavy atom. The van der Waals surface area contributed by atoms with Gasteiger partial charge < -0.3 is 9.47 Å². The number of fused-ring (bicyclic) bond motifs is 1. The second-order valence-corrected chi connectivity index (χ2v) is 7.64. The van der Waals surface area contributed by atoms with Crippen LogP contribution in [0.2, 0.25) is 0 Å². The first-order valence-corrected chi connectivity index (χ1v) is 9.92. The highest BCUT2D eigenvalue weighted by molar-refractivity contribution is 5.94. The van der Waals surface area contributed by atoms with Crippen molar-refractivity contribution in [3.05, 3.63) is 60.7 Å². The minimum absolute atomic E-state index is 0.0657. The maximum Gasteiger partial charge on any atom is 0.255 e. The Hall–Kier alpha value is -3.42. The van der Waals surface area contributed by atoms with Gasteiger partial charge in [0, 0.05) is 51.5 Å². The number of aryl methyl sites for hydroxylation is 1. The van der Waals surface area contributed by atoms with E-state index in [0.717, 1.165) is 49.6 Å². The van der Waals surface area contributed by atoms with Gasteiger partial charge in [0.25, 0.3) is 5.91 Å². The third-order valence-corrected chi connectivity index (χ3v) is 5.73. The van der Waals surface area contributed by atoms with Crippen LogP contribution < -0.4 is 0 Å². The van der Waals surface area contributed by atoms with E-state index in [9.17, 15) is 4.79 Å². The molecule has 4 aromatic rings. The molecule has 0 spiro atoms. The number of carbonyl (C=O) groups is 1. The molecule has 8 nitrogen and oxygen atoms in total. The zero-order chi connectivity index (χ0) is 19.8. The Balaban J connectivity index is 1.33. The van der Waals surface area contributed by atoms with Crippen LogP contribution >= 0.6 is 0 Å². The van der Waals surface area contributed by atoms with Crippen molar-refractivity contribution in [2.24, 2.45) is 13.0 Å². The summed E-state index contributed by atoms with van der Waals surface area (Å²) in [5.74, 6) is 1.36. The van der Waals surface area contributed by atoms with Crippen LogP contribution in [0, 0.1) is 5.92 Å². The summed E-state index contributed by atoms with van der Waals surface area (Å²) < 4.78 is 5.87. The number of pyridine rings is 1. The van der Waals surface area contributed by atoms with Gasteiger partial charge in [-0.15, -0.1) is 10.2 Å². The molecule has 0 unspecified atom stereocenters. The molecule has 1 aliphatic heterocycles. The van der Waals surface area contributed by atoms with E-state index in [4.69, 9.17) is 0 Å². The largest absolute Gasteiger partial charge is 0.348 e. The summed E-state index contributed by atoms with van der Waals surface area (Å²) in [4.78, 5) is 15.1. The molecule has 1 saturated heterocycles. The van der Waals surface area contributed by atoms with Gasteiger partial charge in [-0.1, -0.05) is 0 Å². The highest BCUT2D eigenvalue weighted by Crippen LogP contribution is 2.22. The van der Waals surface area contributed by atoms with Gasteiger partial charge in [-0.05, 0) is 49.1 Å². The quantitative estimate of drug-likeness (QED) is 0.538. The number of piperidine rings is 1. The number of amides is 1. The second-order valence-electron chi connectivity index (χ2n) is 7.64. The van der Waals surface area contributed by atoms with Gasteiger partial charge >= 0.3 is 0 Å². The van der Waals surface area contributed by atoms with E-state index in [0.29, 0.717) is 11.5 Å². The van der Waals surface area contributed by atoms with Crippen molar-refractivity contribution in [2.75, 3.05) is 13.1 Å². The van der Waals surface area contributed by atoms with Crippen molar-refractivity contribution < 1.29 is 4.79 Å². The second kappa shape index (κ2) is 7.20. The molecule has 148 valence electrons. The first kappa shape index (κ1) is 17.7. The smallest absolute Gasteiger partial charge is 0.255 e. The summed E-state index contributed by atoms with van der Waals surface area (Å²) >= 11 is 0. The molecule has 5 rings (SSSR count). The highest BCUT2D eigenvalue weighted by Gasteiger charge is 2.24. The SMILES string of the molecule is Cn1cccc1-c1nnc2ccc(C(=O)N3CCC(Cn4cccn4)CC3)cn12. The Morgan fingerprint density at radius 2 is 1.97 bits per heavy atom. The van der Waals surface area contributed by atoms with E-state index < -0.39 is 0 Å². The van der Waals surface area contributed by atoms with E-state index in [1.807, 2.05) is 80.7 Å². The van der Waals surface area contributed by atoms with E-state index in [2.05, 4.69) is 15.3 Å². The Morgan fingerprint density at radius 3 is 2.69 bits per heavy atom. The number of nitrogens with zero attached hydrogens (tertiary/aromatic N) is 7. The van der Waals surface area contributed by atoms with E-state index >= 15 is 0 Å². The lowest BCUT2D eigenvalue weighted by molar-refractivity contribution is 0.0680. The number of hydrogen-bond acceptors (Lipinski definition) is 4. The van der Waals surface area contributed by atoms with Crippen LogP contribution in [0.5, 0.6) is 0 Å². The molecule has 0 atom stereocenters. The maximum atomic E-state index is 13.1. The molecule has 0 bridgehead atoms. The molecule has 8 heteroatoms. The van der Waals surface area contributed by atoms with Crippen molar-refractivity contribution in [3.63, 3.8) is 0 Å². The van der Waals surface area contributed by atoms with E-state index in [-0.39, 0.29) is 5.91 Å². The summed E-state index contributed by atoms with van der Waals surface area (Å²) in [6, 6.07) is 9.62. The van der Waals surface area contributed by atoms with Gasteiger partial charge in [-0.3, -0.25) is 13.9 Å². The molecule has 4 aromatic heterocycles. The van der Waals surface area contributed by atoms with Gasteiger partial charge in [-0.25, -0.2) is 0 Å². The topological polar surface area (TPSA) is 73.2 Å². The molecule has 0 aromatic carbocycles. The molecule has 1 aliphatic rings. The highest BCUT2D eigenvalue weighted by atomic mass is 16.2. The fourth-order valence-electron chi connectivity index (χ4n) is 4.06. The molecular formula is C21H23N7O. The average Bonchev–Trinajstić information content (AvgIpc) is 3.49. The van der Waals surface area contributed by atoms with Crippen molar-refractivity contribution in [1.29, 1.82) is 0 Å². The zero-order valence-corrected chi connectivity index (χ0v) is 16.3. The van der Waals surface area contributed by atoms with Gasteiger partial charge in [-0.2, -0.15) is 5.10 Å². The third kappa shape index (κ3) is 3.30. The average molecular weight is 389 g/mol. The molecule has 0 radical (unpaired) electrons. The van der Waals surface area contributed by atoms with Gasteiger partial charge in [0.1, 0.15) is 0 Å². The van der Waals surface area contributed by atoms with Crippen LogP contribution in [0.15, 0.2) is 55.1 Å². The van der Waals surface area contributed by atoms with Crippen LogP contribution in [0.1, 0.15) is 23.2 Å². The standard InChI is InChI=1S/C21H23N7O/c1-25-10-2-4-18(25)20-24-23-19-6-5-17(15-28(19)20)21(29)26-12-7-16(8-13-26)14-27-11-3-9-22-27/h2-6,9-11,15-16H,7-8,12-14H2,1H3. The summed E-state index contributed by atoms with van der Waals surface area (Å²) in [5, 5.41) is 12.8. The summed E-state index contributed by atoms with van der Waals surface area (Å²) in [6.45, 7) is 2.47. The first-order valence-electron chi connectivity index (χ1n) is 9.92. The van der Waals surface area contributed by atoms with Crippen molar-refractivity contribution in [1.82, 2.24) is 33.8 Å². The molecule has 0 aliphatic carbocycles. The number of aromatic nitrogens is 6. The summed E-state index contributed by atoms with van der Waals surface area (Å²) in [6.07, 6.45) is 9.62. The van der Waals surface area contributed by atoms with Crippen molar-refractivity contribution in [3.8, 4) is 11.5 Å². The Bertz CT molecular complexity index is 1130. The summed E-state index contributed by atoms with van der Waals surface area (Å²) in [7, 11) is 1.97. The normalized spacial score (nSPS) is 15.3. The first-order chi connectivity index (χ1) is 14.2. The predicted octanol–water partition coefficient (Wildman–Crippen LogP) is 2.48. The molecule has 0 N–H and O–H groups in total. The number of rotatable bonds is 4. The minimum atomic E-state index is 0.0657. The monoisotopic (exact) mass is 389 g/mol. The van der Waals surface area contributed by atoms with Gasteiger partial charge in [0.15, 0.2) is 11.5 Å². The predicted molar refractivity (Wildman–Crippen MR) is 108 cm³/mol. The van der Waals surface area contributed by atoms with Crippen LogP contribution in [-0.2, 0) is 13.6 Å². The van der Waals surface area contributed by atoms with Crippen LogP contribution in [0.25, 0.3) is 17.2 Å². The number of carbonyl (C=O) groups excluding carboxylic acids is 1.